The summed E-state index contributed by atoms with van der Waals surface area (Å²) >= 11 is 0. The smallest absolute Gasteiger partial charge is 0.305 e. The Morgan fingerprint density at radius 2 is 1.35 bits per heavy atom. The molecule has 0 fully saturated rings. The van der Waals surface area contributed by atoms with Crippen molar-refractivity contribution in [3.8, 4) is 0 Å². The van der Waals surface area contributed by atoms with E-state index in [9.17, 15) is 4.79 Å². The van der Waals surface area contributed by atoms with Crippen LogP contribution in [0.2, 0.25) is 0 Å². The fraction of sp³-hybridized carbons (Fsp3) is 0.850. The van der Waals surface area contributed by atoms with Crippen molar-refractivity contribution in [3.63, 3.8) is 0 Å². The zero-order valence-corrected chi connectivity index (χ0v) is 15.4. The highest BCUT2D eigenvalue weighted by molar-refractivity contribution is 5.69. The first kappa shape index (κ1) is 22.2. The Labute approximate surface area is 144 Å². The van der Waals surface area contributed by atoms with Crippen LogP contribution in [0.4, 0.5) is 0 Å². The highest BCUT2D eigenvalue weighted by atomic mass is 16.5. The van der Waals surface area contributed by atoms with Crippen molar-refractivity contribution in [1.82, 2.24) is 0 Å². The monoisotopic (exact) mass is 325 g/mol. The van der Waals surface area contributed by atoms with E-state index in [4.69, 9.17) is 10.5 Å². The van der Waals surface area contributed by atoms with Crippen LogP contribution in [0.25, 0.3) is 0 Å². The lowest BCUT2D eigenvalue weighted by Gasteiger charge is -2.02. The fourth-order valence-corrected chi connectivity index (χ4v) is 2.59. The lowest BCUT2D eigenvalue weighted by molar-refractivity contribution is -0.143. The molecule has 0 aromatic heterocycles. The molecule has 0 aliphatic heterocycles. The van der Waals surface area contributed by atoms with Crippen molar-refractivity contribution in [1.29, 1.82) is 0 Å². The Morgan fingerprint density at radius 3 is 1.91 bits per heavy atom. The van der Waals surface area contributed by atoms with Crippen LogP contribution in [0.15, 0.2) is 12.2 Å². The summed E-state index contributed by atoms with van der Waals surface area (Å²) in [5.74, 6) is -0.104. The van der Waals surface area contributed by atoms with Gasteiger partial charge >= 0.3 is 5.97 Å². The molecule has 0 radical (unpaired) electrons. The minimum atomic E-state index is -0.104. The standard InChI is InChI=1S/C20H39NO2/c1-2-3-4-5-6-7-8-9-10-11-12-13-14-15-16-17-20(22)23-19-18-21/h9-10H,2-8,11-19,21H2,1H3/b10-9+. The van der Waals surface area contributed by atoms with Crippen molar-refractivity contribution >= 4 is 5.97 Å². The van der Waals surface area contributed by atoms with E-state index in [-0.39, 0.29) is 5.97 Å². The average Bonchev–Trinajstić information content (AvgIpc) is 2.56. The number of esters is 1. The van der Waals surface area contributed by atoms with Gasteiger partial charge in [-0.25, -0.2) is 0 Å². The third kappa shape index (κ3) is 19.1. The third-order valence-electron chi connectivity index (χ3n) is 4.02. The molecule has 0 bridgehead atoms. The molecule has 0 spiro atoms. The second-order valence-electron chi connectivity index (χ2n) is 6.34. The van der Waals surface area contributed by atoms with Crippen LogP contribution in [0.1, 0.15) is 96.8 Å². The Hall–Kier alpha value is -0.830. The average molecular weight is 326 g/mol. The van der Waals surface area contributed by atoms with Gasteiger partial charge in [-0.2, -0.15) is 0 Å². The molecule has 0 atom stereocenters. The summed E-state index contributed by atoms with van der Waals surface area (Å²) in [7, 11) is 0. The van der Waals surface area contributed by atoms with Crippen LogP contribution in [0.3, 0.4) is 0 Å². The second kappa shape index (κ2) is 19.2. The van der Waals surface area contributed by atoms with Crippen molar-refractivity contribution in [2.75, 3.05) is 13.2 Å². The van der Waals surface area contributed by atoms with Crippen molar-refractivity contribution < 1.29 is 9.53 Å². The molecule has 0 aliphatic rings. The largest absolute Gasteiger partial charge is 0.464 e. The van der Waals surface area contributed by atoms with Crippen LogP contribution in [-0.4, -0.2) is 19.1 Å². The molecule has 0 aromatic rings. The van der Waals surface area contributed by atoms with E-state index < -0.39 is 0 Å². The van der Waals surface area contributed by atoms with E-state index in [1.807, 2.05) is 0 Å². The normalized spacial score (nSPS) is 11.2. The number of carbonyl (C=O) groups is 1. The Kier molecular flexibility index (Phi) is 18.5. The van der Waals surface area contributed by atoms with Gasteiger partial charge in [-0.1, -0.05) is 70.4 Å². The molecule has 0 saturated heterocycles. The van der Waals surface area contributed by atoms with Crippen molar-refractivity contribution in [2.24, 2.45) is 5.73 Å². The number of hydrogen-bond donors (Lipinski definition) is 1. The SMILES string of the molecule is CCCCCCCC/C=C/CCCCCCCC(=O)OCCN. The summed E-state index contributed by atoms with van der Waals surface area (Å²) in [6.45, 7) is 3.03. The van der Waals surface area contributed by atoms with Gasteiger partial charge in [0.05, 0.1) is 0 Å². The van der Waals surface area contributed by atoms with E-state index in [0.29, 0.717) is 19.6 Å². The Morgan fingerprint density at radius 1 is 0.826 bits per heavy atom. The highest BCUT2D eigenvalue weighted by Gasteiger charge is 2.01. The van der Waals surface area contributed by atoms with Crippen LogP contribution >= 0.6 is 0 Å². The Balaban J connectivity index is 3.14. The molecule has 0 aliphatic carbocycles. The first-order valence-corrected chi connectivity index (χ1v) is 9.82. The van der Waals surface area contributed by atoms with Gasteiger partial charge in [0, 0.05) is 13.0 Å². The number of ether oxygens (including phenoxy) is 1. The van der Waals surface area contributed by atoms with E-state index in [2.05, 4.69) is 19.1 Å². The summed E-state index contributed by atoms with van der Waals surface area (Å²) in [6, 6.07) is 0. The van der Waals surface area contributed by atoms with Crippen LogP contribution < -0.4 is 5.73 Å². The van der Waals surface area contributed by atoms with E-state index in [1.165, 1.54) is 70.6 Å². The van der Waals surface area contributed by atoms with Gasteiger partial charge in [-0.05, 0) is 32.1 Å². The van der Waals surface area contributed by atoms with Gasteiger partial charge in [-0.3, -0.25) is 4.79 Å². The van der Waals surface area contributed by atoms with Gasteiger partial charge in [0.2, 0.25) is 0 Å². The molecule has 0 saturated carbocycles. The minimum absolute atomic E-state index is 0.104. The first-order valence-electron chi connectivity index (χ1n) is 9.82. The van der Waals surface area contributed by atoms with Crippen LogP contribution in [0, 0.1) is 0 Å². The molecule has 2 N–H and O–H groups in total. The molecule has 0 amide bonds. The quantitative estimate of drug-likeness (QED) is 0.217. The molecule has 0 unspecified atom stereocenters. The van der Waals surface area contributed by atoms with Crippen LogP contribution in [-0.2, 0) is 9.53 Å². The molecular weight excluding hydrogens is 286 g/mol. The molecule has 0 aromatic carbocycles. The minimum Gasteiger partial charge on any atom is -0.464 e. The molecule has 3 heteroatoms. The molecule has 136 valence electrons. The fourth-order valence-electron chi connectivity index (χ4n) is 2.59. The van der Waals surface area contributed by atoms with E-state index in [0.717, 1.165) is 12.8 Å². The molecule has 0 heterocycles. The molecule has 23 heavy (non-hydrogen) atoms. The number of carbonyl (C=O) groups excluding carboxylic acids is 1. The number of unbranched alkanes of at least 4 members (excludes halogenated alkanes) is 11. The second-order valence-corrected chi connectivity index (χ2v) is 6.34. The highest BCUT2D eigenvalue weighted by Crippen LogP contribution is 2.10. The maximum Gasteiger partial charge on any atom is 0.305 e. The summed E-state index contributed by atoms with van der Waals surface area (Å²) in [5.41, 5.74) is 5.28. The molecule has 0 rings (SSSR count). The van der Waals surface area contributed by atoms with Gasteiger partial charge in [0.1, 0.15) is 6.61 Å². The lowest BCUT2D eigenvalue weighted by Crippen LogP contribution is -2.13. The zero-order chi connectivity index (χ0) is 17.0. The third-order valence-corrected chi connectivity index (χ3v) is 4.02. The van der Waals surface area contributed by atoms with E-state index >= 15 is 0 Å². The number of hydrogen-bond acceptors (Lipinski definition) is 3. The first-order chi connectivity index (χ1) is 11.3. The molecular formula is C20H39NO2. The van der Waals surface area contributed by atoms with Gasteiger partial charge in [-0.15, -0.1) is 0 Å². The van der Waals surface area contributed by atoms with Gasteiger partial charge in [0.15, 0.2) is 0 Å². The summed E-state index contributed by atoms with van der Waals surface area (Å²) < 4.78 is 4.94. The summed E-state index contributed by atoms with van der Waals surface area (Å²) in [6.07, 6.45) is 21.8. The van der Waals surface area contributed by atoms with Gasteiger partial charge in [0.25, 0.3) is 0 Å². The number of allylic oxidation sites excluding steroid dienone is 2. The maximum atomic E-state index is 11.2. The summed E-state index contributed by atoms with van der Waals surface area (Å²) in [4.78, 5) is 11.2. The van der Waals surface area contributed by atoms with Crippen molar-refractivity contribution in [3.05, 3.63) is 12.2 Å². The van der Waals surface area contributed by atoms with E-state index in [1.54, 1.807) is 0 Å². The van der Waals surface area contributed by atoms with Crippen molar-refractivity contribution in [2.45, 2.75) is 96.8 Å². The topological polar surface area (TPSA) is 52.3 Å². The zero-order valence-electron chi connectivity index (χ0n) is 15.4. The number of nitrogens with two attached hydrogens (primary N) is 1. The Bertz CT molecular complexity index is 277. The molecule has 3 nitrogen and oxygen atoms in total. The lowest BCUT2D eigenvalue weighted by atomic mass is 10.1. The summed E-state index contributed by atoms with van der Waals surface area (Å²) in [5, 5.41) is 0. The predicted octanol–water partition coefficient (Wildman–Crippen LogP) is 5.53. The van der Waals surface area contributed by atoms with Crippen LogP contribution in [0.5, 0.6) is 0 Å². The predicted molar refractivity (Wildman–Crippen MR) is 99.5 cm³/mol. The number of rotatable bonds is 17. The maximum absolute atomic E-state index is 11.2. The van der Waals surface area contributed by atoms with Gasteiger partial charge < -0.3 is 10.5 Å².